The van der Waals surface area contributed by atoms with Crippen molar-refractivity contribution in [1.29, 1.82) is 0 Å². The van der Waals surface area contributed by atoms with E-state index >= 15 is 0 Å². The second-order valence-electron chi connectivity index (χ2n) is 8.51. The Hall–Kier alpha value is -3.19. The zero-order valence-corrected chi connectivity index (χ0v) is 26.2. The predicted molar refractivity (Wildman–Crippen MR) is 172 cm³/mol. The number of methoxy groups -OCH3 is 1. The number of fused-ring (bicyclic) bond motifs is 1. The number of anilines is 1. The Bertz CT molecular complexity index is 1730. The number of halogens is 3. The van der Waals surface area contributed by atoms with Crippen LogP contribution in [0.25, 0.3) is 22.6 Å². The van der Waals surface area contributed by atoms with Crippen LogP contribution in [0.1, 0.15) is 15.9 Å². The maximum Gasteiger partial charge on any atom is 0.257 e. The number of hydrogen-bond acceptors (Lipinski definition) is 6. The first-order valence-corrected chi connectivity index (χ1v) is 14.5. The quantitative estimate of drug-likeness (QED) is 0.128. The number of aromatic nitrogens is 1. The van der Waals surface area contributed by atoms with Gasteiger partial charge in [-0.15, -0.1) is 0 Å². The number of benzene rings is 4. The van der Waals surface area contributed by atoms with Crippen molar-refractivity contribution in [3.05, 3.63) is 103 Å². The van der Waals surface area contributed by atoms with Gasteiger partial charge in [0.05, 0.1) is 12.7 Å². The Morgan fingerprint density at radius 3 is 2.62 bits per heavy atom. The van der Waals surface area contributed by atoms with E-state index < -0.39 is 5.91 Å². The lowest BCUT2D eigenvalue weighted by Gasteiger charge is -2.13. The lowest BCUT2D eigenvalue weighted by Crippen LogP contribution is -2.34. The number of rotatable bonds is 7. The molecule has 1 amide bonds. The average molecular weight is 749 g/mol. The van der Waals surface area contributed by atoms with Crippen LogP contribution in [-0.4, -0.2) is 23.1 Å². The standard InChI is InChI=1S/C29H20BrClIN3O4S/c1-37-26-12-17(4-10-25(26)38-15-16-2-5-18(31)6-3-16)27(36)35-29(40)33-20-8-11-24-23(14-20)34-28(39-24)21-13-19(32)7-9-22(21)30/h2-14H,15H2,1H3,(H2,33,35,36,40). The van der Waals surface area contributed by atoms with Gasteiger partial charge >= 0.3 is 0 Å². The summed E-state index contributed by atoms with van der Waals surface area (Å²) in [5, 5.41) is 6.51. The van der Waals surface area contributed by atoms with Crippen molar-refractivity contribution < 1.29 is 18.7 Å². The molecule has 1 aromatic heterocycles. The molecule has 5 rings (SSSR count). The Labute approximate surface area is 262 Å². The molecule has 0 saturated carbocycles. The molecule has 0 bridgehead atoms. The molecule has 1 heterocycles. The van der Waals surface area contributed by atoms with Crippen molar-refractivity contribution in [1.82, 2.24) is 10.3 Å². The highest BCUT2D eigenvalue weighted by Gasteiger charge is 2.15. The number of ether oxygens (including phenoxy) is 2. The van der Waals surface area contributed by atoms with Crippen molar-refractivity contribution in [3.63, 3.8) is 0 Å². The molecule has 0 saturated heterocycles. The van der Waals surface area contributed by atoms with Gasteiger partial charge in [-0.05, 0) is 123 Å². The van der Waals surface area contributed by atoms with Gasteiger partial charge in [-0.2, -0.15) is 0 Å². The van der Waals surface area contributed by atoms with Gasteiger partial charge in [0.1, 0.15) is 12.1 Å². The van der Waals surface area contributed by atoms with Crippen LogP contribution in [0.4, 0.5) is 5.69 Å². The van der Waals surface area contributed by atoms with Crippen LogP contribution in [0.5, 0.6) is 11.5 Å². The van der Waals surface area contributed by atoms with Crippen LogP contribution in [0.15, 0.2) is 87.8 Å². The third-order valence-corrected chi connectivity index (χ3v) is 7.58. The van der Waals surface area contributed by atoms with Gasteiger partial charge in [0.25, 0.3) is 5.91 Å². The number of amides is 1. The topological polar surface area (TPSA) is 85.6 Å². The molecule has 0 unspecified atom stereocenters. The van der Waals surface area contributed by atoms with Gasteiger partial charge in [-0.25, -0.2) is 4.98 Å². The van der Waals surface area contributed by atoms with E-state index in [1.165, 1.54) is 7.11 Å². The summed E-state index contributed by atoms with van der Waals surface area (Å²) in [5.41, 5.74) is 4.11. The summed E-state index contributed by atoms with van der Waals surface area (Å²) in [7, 11) is 1.51. The highest BCUT2D eigenvalue weighted by atomic mass is 127. The largest absolute Gasteiger partial charge is 0.493 e. The maximum atomic E-state index is 12.9. The molecule has 0 aliphatic rings. The van der Waals surface area contributed by atoms with E-state index in [1.54, 1.807) is 48.5 Å². The van der Waals surface area contributed by atoms with E-state index in [-0.39, 0.29) is 5.11 Å². The van der Waals surface area contributed by atoms with Crippen molar-refractivity contribution in [2.24, 2.45) is 0 Å². The van der Waals surface area contributed by atoms with Crippen LogP contribution < -0.4 is 20.1 Å². The lowest BCUT2D eigenvalue weighted by molar-refractivity contribution is 0.0977. The van der Waals surface area contributed by atoms with E-state index in [0.29, 0.717) is 51.4 Å². The van der Waals surface area contributed by atoms with E-state index in [4.69, 9.17) is 37.7 Å². The molecule has 0 fully saturated rings. The summed E-state index contributed by atoms with van der Waals surface area (Å²) in [6, 6.07) is 23.6. The molecule has 7 nitrogen and oxygen atoms in total. The zero-order valence-electron chi connectivity index (χ0n) is 20.8. The minimum Gasteiger partial charge on any atom is -0.493 e. The number of oxazole rings is 1. The molecule has 5 aromatic rings. The molecular formula is C29H20BrClIN3O4S. The van der Waals surface area contributed by atoms with Crippen molar-refractivity contribution in [3.8, 4) is 23.0 Å². The smallest absolute Gasteiger partial charge is 0.257 e. The van der Waals surface area contributed by atoms with Crippen LogP contribution in [-0.2, 0) is 6.61 Å². The molecule has 2 N–H and O–H groups in total. The van der Waals surface area contributed by atoms with Gasteiger partial charge in [-0.3, -0.25) is 10.1 Å². The predicted octanol–water partition coefficient (Wildman–Crippen LogP) is 8.23. The van der Waals surface area contributed by atoms with Gasteiger partial charge in [0.15, 0.2) is 22.2 Å². The van der Waals surface area contributed by atoms with Gasteiger partial charge < -0.3 is 19.2 Å². The third-order valence-electron chi connectivity index (χ3n) is 5.76. The normalized spacial score (nSPS) is 10.8. The molecule has 0 aliphatic heterocycles. The van der Waals surface area contributed by atoms with E-state index in [0.717, 1.165) is 19.2 Å². The highest BCUT2D eigenvalue weighted by molar-refractivity contribution is 14.1. The maximum absolute atomic E-state index is 12.9. The van der Waals surface area contributed by atoms with E-state index in [9.17, 15) is 4.79 Å². The SMILES string of the molecule is COc1cc(C(=O)NC(=S)Nc2ccc3oc(-c4cc(I)ccc4Br)nc3c2)ccc1OCc1ccc(Cl)cc1. The highest BCUT2D eigenvalue weighted by Crippen LogP contribution is 2.32. The first-order valence-electron chi connectivity index (χ1n) is 11.8. The van der Waals surface area contributed by atoms with E-state index in [2.05, 4.69) is 54.1 Å². The fourth-order valence-electron chi connectivity index (χ4n) is 3.79. The average Bonchev–Trinajstić information content (AvgIpc) is 3.37. The van der Waals surface area contributed by atoms with Gasteiger partial charge in [0.2, 0.25) is 5.89 Å². The summed E-state index contributed by atoms with van der Waals surface area (Å²) in [4.78, 5) is 17.5. The number of thiocarbonyl (C=S) groups is 1. The Morgan fingerprint density at radius 2 is 1.85 bits per heavy atom. The number of carbonyl (C=O) groups is 1. The third kappa shape index (κ3) is 6.74. The summed E-state index contributed by atoms with van der Waals surface area (Å²) in [5.74, 6) is 1.04. The minimum absolute atomic E-state index is 0.135. The van der Waals surface area contributed by atoms with E-state index in [1.807, 2.05) is 30.3 Å². The van der Waals surface area contributed by atoms with Crippen LogP contribution >= 0.6 is 62.3 Å². The molecule has 0 atom stereocenters. The lowest BCUT2D eigenvalue weighted by atomic mass is 10.2. The molecule has 11 heteroatoms. The van der Waals surface area contributed by atoms with Gasteiger partial charge in [-0.1, -0.05) is 23.7 Å². The number of nitrogens with zero attached hydrogens (tertiary/aromatic N) is 1. The summed E-state index contributed by atoms with van der Waals surface area (Å²) >= 11 is 17.1. The number of hydrogen-bond donors (Lipinski definition) is 2. The molecule has 0 radical (unpaired) electrons. The monoisotopic (exact) mass is 747 g/mol. The van der Waals surface area contributed by atoms with Crippen molar-refractivity contribution in [2.45, 2.75) is 6.61 Å². The summed E-state index contributed by atoms with van der Waals surface area (Å²) in [6.07, 6.45) is 0. The summed E-state index contributed by atoms with van der Waals surface area (Å²) < 4.78 is 19.2. The molecule has 0 spiro atoms. The van der Waals surface area contributed by atoms with Crippen molar-refractivity contribution >= 4 is 90.1 Å². The van der Waals surface area contributed by atoms with Gasteiger partial charge in [0, 0.05) is 24.3 Å². The molecule has 40 heavy (non-hydrogen) atoms. The first kappa shape index (κ1) is 28.3. The Balaban J connectivity index is 1.23. The van der Waals surface area contributed by atoms with Crippen LogP contribution in [0.2, 0.25) is 5.02 Å². The van der Waals surface area contributed by atoms with Crippen LogP contribution in [0.3, 0.4) is 0 Å². The first-order chi connectivity index (χ1) is 19.3. The molecule has 202 valence electrons. The number of nitrogens with one attached hydrogen (secondary N) is 2. The Morgan fingerprint density at radius 1 is 1.05 bits per heavy atom. The molecule has 4 aromatic carbocycles. The zero-order chi connectivity index (χ0) is 28.2. The number of carbonyl (C=O) groups excluding carboxylic acids is 1. The summed E-state index contributed by atoms with van der Waals surface area (Å²) in [6.45, 7) is 0.326. The fraction of sp³-hybridized carbons (Fsp3) is 0.0690. The minimum atomic E-state index is -0.395. The second-order valence-corrected chi connectivity index (χ2v) is 11.5. The Kier molecular flexibility index (Phi) is 8.89. The molecular weight excluding hydrogens is 729 g/mol. The molecule has 0 aliphatic carbocycles. The van der Waals surface area contributed by atoms with Crippen molar-refractivity contribution in [2.75, 3.05) is 12.4 Å². The second kappa shape index (κ2) is 12.5. The van der Waals surface area contributed by atoms with Crippen LogP contribution in [0, 0.1) is 3.57 Å². The fourth-order valence-corrected chi connectivity index (χ4v) is 5.03.